The van der Waals surface area contributed by atoms with Crippen molar-refractivity contribution in [3.63, 3.8) is 0 Å². The number of carbonyl (C=O) groups excluding carboxylic acids is 2. The molecule has 0 unspecified atom stereocenters. The lowest BCUT2D eigenvalue weighted by molar-refractivity contribution is -0.182. The predicted molar refractivity (Wildman–Crippen MR) is 95.1 cm³/mol. The van der Waals surface area contributed by atoms with E-state index in [0.717, 1.165) is 6.08 Å². The summed E-state index contributed by atoms with van der Waals surface area (Å²) in [5.74, 6) is -5.59. The number of rotatable bonds is 2. The summed E-state index contributed by atoms with van der Waals surface area (Å²) in [6.07, 6.45) is -7.27. The van der Waals surface area contributed by atoms with E-state index in [4.69, 9.17) is 6.85 Å². The van der Waals surface area contributed by atoms with Crippen molar-refractivity contribution in [2.75, 3.05) is 6.61 Å². The van der Waals surface area contributed by atoms with Crippen LogP contribution in [0.2, 0.25) is 0 Å². The van der Waals surface area contributed by atoms with Crippen LogP contribution in [0, 0.1) is 28.6 Å². The molecule has 3 saturated carbocycles. The summed E-state index contributed by atoms with van der Waals surface area (Å²) >= 11 is 0. The average molecular weight is 369 g/mol. The number of fused-ring (bicyclic) bond motifs is 5. The second-order valence-corrected chi connectivity index (χ2v) is 8.54. The van der Waals surface area contributed by atoms with Crippen LogP contribution in [-0.2, 0) is 9.59 Å². The van der Waals surface area contributed by atoms with E-state index in [1.807, 2.05) is 0 Å². The average Bonchev–Trinajstić information content (AvgIpc) is 2.96. The Balaban J connectivity index is 1.98. The smallest absolute Gasteiger partial charge is 0.190 e. The van der Waals surface area contributed by atoms with Gasteiger partial charge < -0.3 is 15.3 Å². The zero-order chi connectivity index (χ0) is 24.3. The van der Waals surface area contributed by atoms with Gasteiger partial charge in [0.05, 0.1) is 7.45 Å². The fourth-order valence-electron chi connectivity index (χ4n) is 5.96. The van der Waals surface area contributed by atoms with Gasteiger partial charge in [-0.15, -0.1) is 0 Å². The van der Waals surface area contributed by atoms with Crippen molar-refractivity contribution in [1.82, 2.24) is 0 Å². The van der Waals surface area contributed by atoms with Gasteiger partial charge in [-0.1, -0.05) is 19.4 Å². The number of Topliss-reactive ketones (excluding diaryl/α,β-unsaturated/α-hetero) is 1. The van der Waals surface area contributed by atoms with Crippen molar-refractivity contribution in [1.29, 1.82) is 0 Å². The maximum absolute atomic E-state index is 12.6. The molecule has 0 amide bonds. The SMILES string of the molecule is [2H]C1([2H])C[C@@]2(C)C(=CC1=O)CC[C@H]1[C@@H]3CC[C@](O)(C(=O)CO)[C@@]3(C)C([2H])([2H])[C@]([2H])(O)[C@@]12[2H]. The van der Waals surface area contributed by atoms with E-state index in [1.165, 1.54) is 13.8 Å². The Hall–Kier alpha value is -1.04. The van der Waals surface area contributed by atoms with Crippen molar-refractivity contribution < 1.29 is 33.1 Å². The minimum absolute atomic E-state index is 0.153. The summed E-state index contributed by atoms with van der Waals surface area (Å²) < 4.78 is 52.5. The van der Waals surface area contributed by atoms with Crippen molar-refractivity contribution in [3.05, 3.63) is 11.6 Å². The van der Waals surface area contributed by atoms with E-state index in [9.17, 15) is 26.3 Å². The number of aliphatic hydroxyl groups is 3. The maximum atomic E-state index is 12.6. The van der Waals surface area contributed by atoms with Gasteiger partial charge in [0.15, 0.2) is 11.6 Å². The van der Waals surface area contributed by atoms with Gasteiger partial charge in [0.2, 0.25) is 0 Å². The second kappa shape index (κ2) is 5.73. The molecule has 0 saturated heterocycles. The molecular formula is C21H30O5. The van der Waals surface area contributed by atoms with Gasteiger partial charge in [-0.2, -0.15) is 0 Å². The van der Waals surface area contributed by atoms with Crippen LogP contribution < -0.4 is 0 Å². The highest BCUT2D eigenvalue weighted by Gasteiger charge is 2.68. The van der Waals surface area contributed by atoms with E-state index < -0.39 is 77.6 Å². The van der Waals surface area contributed by atoms with Crippen LogP contribution in [0.3, 0.4) is 0 Å². The van der Waals surface area contributed by atoms with Crippen molar-refractivity contribution in [3.8, 4) is 0 Å². The van der Waals surface area contributed by atoms with E-state index in [2.05, 4.69) is 0 Å². The van der Waals surface area contributed by atoms with E-state index in [1.54, 1.807) is 0 Å². The van der Waals surface area contributed by atoms with Gasteiger partial charge in [-0.3, -0.25) is 9.59 Å². The molecular weight excluding hydrogens is 332 g/mol. The Labute approximate surface area is 162 Å². The Morgan fingerprint density at radius 2 is 2.12 bits per heavy atom. The first-order valence-electron chi connectivity index (χ1n) is 12.2. The van der Waals surface area contributed by atoms with Crippen LogP contribution in [0.15, 0.2) is 11.6 Å². The van der Waals surface area contributed by atoms with Crippen molar-refractivity contribution in [2.45, 2.75) is 70.4 Å². The van der Waals surface area contributed by atoms with Gasteiger partial charge in [-0.25, -0.2) is 0 Å². The molecule has 4 aliphatic carbocycles. The standard InChI is InChI=1S/C21H30O5/c1-19-7-5-13(23)9-12(19)3-4-14-15-6-8-21(26,17(25)11-22)20(15,2)10-16(24)18(14)19/h9,14-16,18,22,24,26H,3-8,10-11H2,1-2H3/t14-,15-,16-,18+,19-,20-,21-/m0/s1/i5D2,10D2,16D,18D. The van der Waals surface area contributed by atoms with Crippen LogP contribution in [0.25, 0.3) is 0 Å². The number of carbonyl (C=O) groups is 2. The van der Waals surface area contributed by atoms with Crippen LogP contribution in [0.4, 0.5) is 0 Å². The third kappa shape index (κ3) is 2.14. The molecule has 0 aromatic heterocycles. The van der Waals surface area contributed by atoms with Gasteiger partial charge in [-0.05, 0) is 67.7 Å². The lowest BCUT2D eigenvalue weighted by Crippen LogP contribution is -2.62. The molecule has 144 valence electrons. The van der Waals surface area contributed by atoms with E-state index in [-0.39, 0.29) is 19.3 Å². The molecule has 0 aromatic rings. The Morgan fingerprint density at radius 3 is 2.81 bits per heavy atom. The Morgan fingerprint density at radius 1 is 1.38 bits per heavy atom. The van der Waals surface area contributed by atoms with Crippen molar-refractivity contribution in [2.24, 2.45) is 28.6 Å². The van der Waals surface area contributed by atoms with Gasteiger partial charge in [0.1, 0.15) is 12.2 Å². The van der Waals surface area contributed by atoms with Gasteiger partial charge in [0.25, 0.3) is 0 Å². The van der Waals surface area contributed by atoms with Crippen LogP contribution in [0.1, 0.15) is 66.9 Å². The normalized spacial score (nSPS) is 63.4. The minimum Gasteiger partial charge on any atom is -0.393 e. The topological polar surface area (TPSA) is 94.8 Å². The molecule has 5 nitrogen and oxygen atoms in total. The molecule has 0 aliphatic heterocycles. The number of hydrogen-bond acceptors (Lipinski definition) is 5. The molecule has 4 rings (SSSR count). The molecule has 26 heavy (non-hydrogen) atoms. The van der Waals surface area contributed by atoms with Crippen LogP contribution in [0.5, 0.6) is 0 Å². The monoisotopic (exact) mass is 368 g/mol. The molecule has 0 aromatic carbocycles. The van der Waals surface area contributed by atoms with Gasteiger partial charge >= 0.3 is 0 Å². The number of aliphatic hydroxyl groups excluding tert-OH is 1. The summed E-state index contributed by atoms with van der Waals surface area (Å²) in [4.78, 5) is 24.9. The zero-order valence-electron chi connectivity index (χ0n) is 21.1. The first-order chi connectivity index (χ1) is 14.4. The first kappa shape index (κ1) is 12.4. The molecule has 0 spiro atoms. The Kier molecular flexibility index (Phi) is 2.74. The third-order valence-corrected chi connectivity index (χ3v) is 7.46. The largest absolute Gasteiger partial charge is 0.393 e. The highest BCUT2D eigenvalue weighted by atomic mass is 16.3. The fraction of sp³-hybridized carbons (Fsp3) is 0.810. The molecule has 4 aliphatic rings. The summed E-state index contributed by atoms with van der Waals surface area (Å²) in [7, 11) is 0. The lowest BCUT2D eigenvalue weighted by atomic mass is 9.45. The highest BCUT2D eigenvalue weighted by molar-refractivity contribution is 5.91. The summed E-state index contributed by atoms with van der Waals surface area (Å²) in [6.45, 7) is 1.81. The maximum Gasteiger partial charge on any atom is 0.190 e. The summed E-state index contributed by atoms with van der Waals surface area (Å²) in [6, 6.07) is 0. The van der Waals surface area contributed by atoms with Crippen molar-refractivity contribution >= 4 is 11.6 Å². The quantitative estimate of drug-likeness (QED) is 0.691. The molecule has 3 fully saturated rings. The van der Waals surface area contributed by atoms with Crippen LogP contribution >= 0.6 is 0 Å². The molecule has 0 radical (unpaired) electrons. The Bertz CT molecular complexity index is 934. The highest BCUT2D eigenvalue weighted by Crippen LogP contribution is 2.67. The number of ketones is 2. The molecule has 0 heterocycles. The lowest BCUT2D eigenvalue weighted by Gasteiger charge is -2.60. The summed E-state index contributed by atoms with van der Waals surface area (Å²) in [5.41, 5.74) is -5.36. The molecule has 7 atom stereocenters. The molecule has 0 bridgehead atoms. The fourth-order valence-corrected chi connectivity index (χ4v) is 5.96. The minimum atomic E-state index is -3.16. The van der Waals surface area contributed by atoms with Crippen LogP contribution in [-0.4, -0.2) is 45.2 Å². The third-order valence-electron chi connectivity index (χ3n) is 7.46. The second-order valence-electron chi connectivity index (χ2n) is 8.54. The van der Waals surface area contributed by atoms with E-state index in [0.29, 0.717) is 12.0 Å². The first-order valence-corrected chi connectivity index (χ1v) is 9.24. The molecule has 3 N–H and O–H groups in total. The number of hydrogen-bond donors (Lipinski definition) is 3. The number of allylic oxidation sites excluding steroid dienone is 1. The van der Waals surface area contributed by atoms with E-state index >= 15 is 0 Å². The molecule has 5 heteroatoms. The summed E-state index contributed by atoms with van der Waals surface area (Å²) in [5, 5.41) is 32.4. The predicted octanol–water partition coefficient (Wildman–Crippen LogP) is 1.78. The van der Waals surface area contributed by atoms with Gasteiger partial charge in [0, 0.05) is 18.6 Å². The zero-order valence-corrected chi connectivity index (χ0v) is 15.1.